The molecule has 0 aliphatic heterocycles. The van der Waals surface area contributed by atoms with Gasteiger partial charge in [-0.05, 0) is 59.8 Å². The van der Waals surface area contributed by atoms with Crippen molar-refractivity contribution in [3.05, 3.63) is 57.6 Å². The van der Waals surface area contributed by atoms with Crippen LogP contribution in [-0.2, 0) is 17.1 Å². The van der Waals surface area contributed by atoms with Gasteiger partial charge in [-0.3, -0.25) is 10.9 Å². The van der Waals surface area contributed by atoms with E-state index in [9.17, 15) is 10.2 Å². The van der Waals surface area contributed by atoms with Crippen LogP contribution < -0.4 is 32.5 Å². The summed E-state index contributed by atoms with van der Waals surface area (Å²) in [6.07, 6.45) is 2.63. The van der Waals surface area contributed by atoms with Crippen molar-refractivity contribution in [3.8, 4) is 11.5 Å². The Morgan fingerprint density at radius 1 is 0.828 bits per heavy atom. The van der Waals surface area contributed by atoms with Crippen molar-refractivity contribution in [1.29, 1.82) is 0 Å². The first-order chi connectivity index (χ1) is 13.2. The predicted molar refractivity (Wildman–Crippen MR) is 117 cm³/mol. The van der Waals surface area contributed by atoms with Crippen LogP contribution in [0.3, 0.4) is 0 Å². The number of thiocarbonyl (C=S) groups is 2. The molecule has 0 atom stereocenters. The van der Waals surface area contributed by atoms with Crippen LogP contribution in [0, 0.1) is 0 Å². The quantitative estimate of drug-likeness (QED) is 0.206. The van der Waals surface area contributed by atoms with Gasteiger partial charge in [0.05, 0.1) is 12.4 Å². The van der Waals surface area contributed by atoms with Crippen LogP contribution in [0.5, 0.6) is 11.5 Å². The van der Waals surface area contributed by atoms with E-state index in [-0.39, 0.29) is 38.8 Å². The monoisotopic (exact) mass is 512 g/mol. The fraction of sp³-hybridized carbons (Fsp3) is 0. The van der Waals surface area contributed by atoms with E-state index in [0.717, 1.165) is 0 Å². The molecule has 0 bridgehead atoms. The molecule has 0 radical (unpaired) electrons. The number of rotatable bonds is 4. The third-order valence-electron chi connectivity index (χ3n) is 2.70. The van der Waals surface area contributed by atoms with E-state index in [0.29, 0.717) is 21.2 Å². The second-order valence-electron chi connectivity index (χ2n) is 4.83. The van der Waals surface area contributed by atoms with Gasteiger partial charge in [0.2, 0.25) is 0 Å². The minimum absolute atomic E-state index is 0. The second kappa shape index (κ2) is 13.9. The van der Waals surface area contributed by atoms with E-state index in [1.807, 2.05) is 0 Å². The maximum atomic E-state index is 11.2. The summed E-state index contributed by atoms with van der Waals surface area (Å²) >= 11 is 20.4. The summed E-state index contributed by atoms with van der Waals surface area (Å²) < 4.78 is 0. The summed E-state index contributed by atoms with van der Waals surface area (Å²) in [5, 5.41) is 30.7. The van der Waals surface area contributed by atoms with Crippen LogP contribution in [0.1, 0.15) is 11.1 Å². The molecule has 0 heterocycles. The molecule has 0 aliphatic carbocycles. The van der Waals surface area contributed by atoms with Crippen molar-refractivity contribution in [2.75, 3.05) is 0 Å². The maximum Gasteiger partial charge on any atom is 0.184 e. The SMILES string of the molecule is NC(=S)N/N=C/c1cc(Cl)ccc1[O-].NC(=S)N/N=C/c1cc(Cl)ccc1[O-].[Fe]. The summed E-state index contributed by atoms with van der Waals surface area (Å²) in [4.78, 5) is 0. The average Bonchev–Trinajstić information content (AvgIpc) is 2.61. The zero-order valence-electron chi connectivity index (χ0n) is 14.4. The average molecular weight is 513 g/mol. The van der Waals surface area contributed by atoms with Gasteiger partial charge in [-0.15, -0.1) is 0 Å². The number of benzene rings is 2. The molecular formula is C16H14Cl2FeN6O2S2-2. The minimum atomic E-state index is -0.164. The number of hydrogen-bond acceptors (Lipinski definition) is 6. The molecule has 0 aliphatic rings. The fourth-order valence-electron chi connectivity index (χ4n) is 1.57. The number of hydrazone groups is 2. The molecule has 0 spiro atoms. The van der Waals surface area contributed by atoms with Gasteiger partial charge in [0.25, 0.3) is 0 Å². The molecular weight excluding hydrogens is 499 g/mol. The van der Waals surface area contributed by atoms with Crippen molar-refractivity contribution in [2.24, 2.45) is 21.7 Å². The van der Waals surface area contributed by atoms with Gasteiger partial charge in [0.1, 0.15) is 0 Å². The summed E-state index contributed by atoms with van der Waals surface area (Å²) in [5.74, 6) is -0.328. The molecule has 0 saturated carbocycles. The van der Waals surface area contributed by atoms with E-state index in [1.165, 1.54) is 48.8 Å². The predicted octanol–water partition coefficient (Wildman–Crippen LogP) is 1.16. The van der Waals surface area contributed by atoms with Crippen molar-refractivity contribution in [2.45, 2.75) is 0 Å². The molecule has 8 nitrogen and oxygen atoms in total. The van der Waals surface area contributed by atoms with Gasteiger partial charge in [0.15, 0.2) is 10.2 Å². The molecule has 0 saturated heterocycles. The van der Waals surface area contributed by atoms with Gasteiger partial charge >= 0.3 is 0 Å². The molecule has 0 aromatic heterocycles. The first-order valence-corrected chi connectivity index (χ1v) is 8.86. The molecule has 2 aromatic carbocycles. The molecule has 13 heteroatoms. The number of nitrogens with two attached hydrogens (primary N) is 2. The Morgan fingerprint density at radius 3 is 1.48 bits per heavy atom. The van der Waals surface area contributed by atoms with Crippen molar-refractivity contribution >= 4 is 70.3 Å². The van der Waals surface area contributed by atoms with E-state index >= 15 is 0 Å². The summed E-state index contributed by atoms with van der Waals surface area (Å²) in [7, 11) is 0. The standard InChI is InChI=1S/2C8H8ClN3OS.Fe/c2*9-6-1-2-7(13)5(3-6)4-11-12-8(10)14;/h2*1-4,13H,(H3,10,12,14);/p-2/b2*11-4+;. The normalized spacial score (nSPS) is 10.0. The second-order valence-corrected chi connectivity index (χ2v) is 6.59. The molecule has 0 amide bonds. The van der Waals surface area contributed by atoms with Crippen LogP contribution in [0.25, 0.3) is 0 Å². The van der Waals surface area contributed by atoms with Gasteiger partial charge in [0, 0.05) is 27.1 Å². The van der Waals surface area contributed by atoms with Crippen molar-refractivity contribution in [1.82, 2.24) is 10.9 Å². The topological polar surface area (TPSA) is 147 Å². The molecule has 156 valence electrons. The Hall–Kier alpha value is -2.14. The molecule has 2 rings (SSSR count). The zero-order valence-corrected chi connectivity index (χ0v) is 18.7. The maximum absolute atomic E-state index is 11.2. The van der Waals surface area contributed by atoms with Gasteiger partial charge in [-0.2, -0.15) is 10.2 Å². The minimum Gasteiger partial charge on any atom is -0.872 e. The van der Waals surface area contributed by atoms with Crippen LogP contribution >= 0.6 is 47.6 Å². The third-order valence-corrected chi connectivity index (χ3v) is 3.35. The molecule has 6 N–H and O–H groups in total. The Labute approximate surface area is 198 Å². The Kier molecular flexibility index (Phi) is 12.9. The van der Waals surface area contributed by atoms with Crippen LogP contribution in [0.15, 0.2) is 46.6 Å². The number of halogens is 2. The van der Waals surface area contributed by atoms with E-state index in [2.05, 4.69) is 45.5 Å². The van der Waals surface area contributed by atoms with Crippen molar-refractivity contribution < 1.29 is 27.3 Å². The molecule has 2 aromatic rings. The first-order valence-electron chi connectivity index (χ1n) is 7.29. The molecule has 0 fully saturated rings. The van der Waals surface area contributed by atoms with E-state index < -0.39 is 0 Å². The van der Waals surface area contributed by atoms with Crippen LogP contribution in [-0.4, -0.2) is 22.7 Å². The summed E-state index contributed by atoms with van der Waals surface area (Å²) in [6.45, 7) is 0. The van der Waals surface area contributed by atoms with Crippen LogP contribution in [0.2, 0.25) is 10.0 Å². The largest absolute Gasteiger partial charge is 0.872 e. The van der Waals surface area contributed by atoms with Crippen LogP contribution in [0.4, 0.5) is 0 Å². The summed E-state index contributed by atoms with van der Waals surface area (Å²) in [5.41, 5.74) is 15.7. The van der Waals surface area contributed by atoms with E-state index in [4.69, 9.17) is 34.7 Å². The number of nitrogens with one attached hydrogen (secondary N) is 2. The van der Waals surface area contributed by atoms with Crippen molar-refractivity contribution in [3.63, 3.8) is 0 Å². The Morgan fingerprint density at radius 2 is 1.17 bits per heavy atom. The van der Waals surface area contributed by atoms with Gasteiger partial charge in [-0.25, -0.2) is 0 Å². The zero-order chi connectivity index (χ0) is 21.1. The Balaban J connectivity index is 0.000000523. The number of hydrogen-bond donors (Lipinski definition) is 4. The Bertz CT molecular complexity index is 841. The molecule has 0 unspecified atom stereocenters. The third kappa shape index (κ3) is 11.4. The first kappa shape index (κ1) is 26.9. The summed E-state index contributed by atoms with van der Waals surface area (Å²) in [6, 6.07) is 8.78. The number of nitrogens with zero attached hydrogens (tertiary/aromatic N) is 2. The van der Waals surface area contributed by atoms with Gasteiger partial charge in [-0.1, -0.05) is 46.8 Å². The smallest absolute Gasteiger partial charge is 0.184 e. The van der Waals surface area contributed by atoms with E-state index in [1.54, 1.807) is 0 Å². The molecule has 29 heavy (non-hydrogen) atoms. The fourth-order valence-corrected chi connectivity index (χ4v) is 2.04. The van der Waals surface area contributed by atoms with Gasteiger partial charge < -0.3 is 21.7 Å².